The fraction of sp³-hybridized carbons (Fsp3) is 0.459. The van der Waals surface area contributed by atoms with Crippen LogP contribution in [-0.2, 0) is 25.5 Å². The van der Waals surface area contributed by atoms with Gasteiger partial charge in [0.15, 0.2) is 0 Å². The first-order chi connectivity index (χ1) is 22.0. The first kappa shape index (κ1) is 31.6. The minimum Gasteiger partial charge on any atom is -0.468 e. The lowest BCUT2D eigenvalue weighted by molar-refractivity contribution is -0.147. The highest BCUT2D eigenvalue weighted by Gasteiger charge is 2.49. The topological polar surface area (TPSA) is 128 Å². The van der Waals surface area contributed by atoms with Crippen LogP contribution in [0.5, 0.6) is 0 Å². The van der Waals surface area contributed by atoms with E-state index in [0.29, 0.717) is 18.6 Å². The van der Waals surface area contributed by atoms with Crippen molar-refractivity contribution in [3.8, 4) is 12.3 Å². The summed E-state index contributed by atoms with van der Waals surface area (Å²) in [6.45, 7) is 12.5. The van der Waals surface area contributed by atoms with Gasteiger partial charge in [-0.15, -0.1) is 6.42 Å². The summed E-state index contributed by atoms with van der Waals surface area (Å²) in [5, 5.41) is 20.8. The molecule has 0 saturated carbocycles. The number of fused-ring (bicyclic) bond motifs is 8. The molecule has 2 aromatic rings. The monoisotopic (exact) mass is 624 g/mol. The van der Waals surface area contributed by atoms with Crippen LogP contribution in [0.1, 0.15) is 80.3 Å². The minimum atomic E-state index is -1.08. The van der Waals surface area contributed by atoms with Crippen LogP contribution in [0.4, 0.5) is 0 Å². The van der Waals surface area contributed by atoms with E-state index in [9.17, 15) is 14.7 Å². The number of rotatable bonds is 6. The summed E-state index contributed by atoms with van der Waals surface area (Å²) in [4.78, 5) is 33.2. The van der Waals surface area contributed by atoms with Crippen molar-refractivity contribution in [3.05, 3.63) is 73.1 Å². The van der Waals surface area contributed by atoms with E-state index in [2.05, 4.69) is 72.4 Å². The smallest absolute Gasteiger partial charge is 0.315 e. The number of aromatic amines is 2. The number of H-pyrrole nitrogens is 2. The van der Waals surface area contributed by atoms with Gasteiger partial charge in [-0.1, -0.05) is 19.8 Å². The molecule has 0 radical (unpaired) electrons. The molecular formula is C37H44N4O5. The number of carbonyl (C=O) groups is 2. The van der Waals surface area contributed by atoms with Gasteiger partial charge in [-0.25, -0.2) is 0 Å². The lowest BCUT2D eigenvalue weighted by Crippen LogP contribution is -2.37. The fourth-order valence-corrected chi connectivity index (χ4v) is 8.00. The van der Waals surface area contributed by atoms with Gasteiger partial charge in [0.1, 0.15) is 5.92 Å². The zero-order valence-electron chi connectivity index (χ0n) is 27.7. The Labute approximate surface area is 269 Å². The quantitative estimate of drug-likeness (QED) is 0.247. The standard InChI is InChI=1S/C37H44N4O5/c1-9-21-17(4)24-14-26-19(6)23(12-13-30(42)46-11-3)34(40-26)32-33(37(44)45-8)36(43)31-20(7)27(41-35(31)32)16-29-22(10-2)18(5)25(39-29)15-28(21)38-24/h1,14-16,19,21,23,33-34,36,38-41,43H,10-13H2,2-8H3/b26-14-,27-16-,28-15-/t19-,21+,23-,33+,34?,36-/m0/s1. The van der Waals surface area contributed by atoms with Crippen molar-refractivity contribution < 1.29 is 24.2 Å². The van der Waals surface area contributed by atoms with E-state index in [-0.39, 0.29) is 36.2 Å². The zero-order valence-corrected chi connectivity index (χ0v) is 27.7. The van der Waals surface area contributed by atoms with Gasteiger partial charge in [-0.3, -0.25) is 9.59 Å². The molecule has 6 rings (SSSR count). The number of ether oxygens (including phenoxy) is 2. The molecule has 6 atom stereocenters. The average Bonchev–Trinajstić information content (AvgIpc) is 3.77. The van der Waals surface area contributed by atoms with Gasteiger partial charge >= 0.3 is 11.9 Å². The molecule has 0 spiro atoms. The first-order valence-corrected chi connectivity index (χ1v) is 16.2. The molecule has 5 heterocycles. The molecule has 1 aliphatic carbocycles. The first-order valence-electron chi connectivity index (χ1n) is 16.2. The van der Waals surface area contributed by atoms with Crippen molar-refractivity contribution in [2.45, 2.75) is 73.0 Å². The number of allylic oxidation sites excluding steroid dienone is 3. The van der Waals surface area contributed by atoms with E-state index in [4.69, 9.17) is 15.9 Å². The largest absolute Gasteiger partial charge is 0.468 e. The molecule has 1 fully saturated rings. The number of aromatic nitrogens is 2. The number of carbonyl (C=O) groups excluding carboxylic acids is 2. The third kappa shape index (κ3) is 4.91. The Morgan fingerprint density at radius 3 is 2.48 bits per heavy atom. The summed E-state index contributed by atoms with van der Waals surface area (Å²) in [5.41, 5.74) is 10.5. The second-order valence-corrected chi connectivity index (χ2v) is 12.8. The van der Waals surface area contributed by atoms with Crippen LogP contribution in [0.25, 0.3) is 17.7 Å². The van der Waals surface area contributed by atoms with E-state index in [1.807, 2.05) is 6.92 Å². The third-order valence-electron chi connectivity index (χ3n) is 10.5. The van der Waals surface area contributed by atoms with Gasteiger partial charge in [0.2, 0.25) is 0 Å². The van der Waals surface area contributed by atoms with Crippen LogP contribution < -0.4 is 21.3 Å². The van der Waals surface area contributed by atoms with Crippen LogP contribution in [-0.4, -0.2) is 46.8 Å². The molecule has 46 heavy (non-hydrogen) atoms. The van der Waals surface area contributed by atoms with E-state index >= 15 is 0 Å². The molecule has 1 unspecified atom stereocenters. The fourth-order valence-electron chi connectivity index (χ4n) is 8.00. The Morgan fingerprint density at radius 1 is 1.04 bits per heavy atom. The number of methoxy groups -OCH3 is 1. The van der Waals surface area contributed by atoms with Crippen molar-refractivity contribution in [3.63, 3.8) is 0 Å². The SMILES string of the molecule is C#C[C@@H]1C(C)=C2/C=C3\NC(C4=c5[nH]/c(c(C)c5[C@H](O)[C@@H]4C(=O)OC)=C\c4[nH]c(c(C)c4CC)/C=C/1N2)[C@@H](CCC(=O)OCC)[C@@H]3C. The van der Waals surface area contributed by atoms with Crippen molar-refractivity contribution in [1.29, 1.82) is 0 Å². The van der Waals surface area contributed by atoms with Crippen molar-refractivity contribution in [2.75, 3.05) is 13.7 Å². The van der Waals surface area contributed by atoms with Crippen molar-refractivity contribution in [1.82, 2.24) is 20.6 Å². The van der Waals surface area contributed by atoms with Gasteiger partial charge in [-0.05, 0) is 92.5 Å². The highest BCUT2D eigenvalue weighted by Crippen LogP contribution is 2.45. The summed E-state index contributed by atoms with van der Waals surface area (Å²) in [6.07, 6.45) is 12.9. The van der Waals surface area contributed by atoms with Crippen LogP contribution in [0, 0.1) is 49.9 Å². The maximum Gasteiger partial charge on any atom is 0.315 e. The molecule has 0 aromatic carbocycles. The summed E-state index contributed by atoms with van der Waals surface area (Å²) in [6, 6.07) is -0.360. The van der Waals surface area contributed by atoms with Gasteiger partial charge in [-0.2, -0.15) is 0 Å². The molecule has 5 N–H and O–H groups in total. The Kier molecular flexibility index (Phi) is 8.28. The van der Waals surface area contributed by atoms with Gasteiger partial charge in [0.25, 0.3) is 0 Å². The Balaban J connectivity index is 1.65. The molecule has 8 bridgehead atoms. The van der Waals surface area contributed by atoms with E-state index < -0.39 is 18.0 Å². The molecule has 1 saturated heterocycles. The lowest BCUT2D eigenvalue weighted by Gasteiger charge is -2.27. The summed E-state index contributed by atoms with van der Waals surface area (Å²) in [7, 11) is 1.35. The number of aliphatic hydroxyl groups excluding tert-OH is 1. The Bertz CT molecular complexity index is 1880. The lowest BCUT2D eigenvalue weighted by atomic mass is 9.80. The predicted molar refractivity (Wildman–Crippen MR) is 177 cm³/mol. The maximum absolute atomic E-state index is 13.4. The number of terminal acetylenes is 1. The number of aliphatic hydroxyl groups is 1. The highest BCUT2D eigenvalue weighted by atomic mass is 16.5. The summed E-state index contributed by atoms with van der Waals surface area (Å²) in [5.74, 6) is 1.02. The van der Waals surface area contributed by atoms with Crippen molar-refractivity contribution >= 4 is 29.7 Å². The molecule has 4 aliphatic rings. The molecular weight excluding hydrogens is 580 g/mol. The van der Waals surface area contributed by atoms with Gasteiger partial charge < -0.3 is 35.2 Å². The highest BCUT2D eigenvalue weighted by molar-refractivity contribution is 5.88. The number of esters is 2. The summed E-state index contributed by atoms with van der Waals surface area (Å²) < 4.78 is 10.6. The molecule has 0 amide bonds. The minimum absolute atomic E-state index is 0.0106. The van der Waals surface area contributed by atoms with Crippen LogP contribution >= 0.6 is 0 Å². The van der Waals surface area contributed by atoms with E-state index in [0.717, 1.165) is 67.9 Å². The average molecular weight is 625 g/mol. The Morgan fingerprint density at radius 2 is 1.80 bits per heavy atom. The molecule has 242 valence electrons. The zero-order chi connectivity index (χ0) is 33.0. The Hall–Kier alpha value is -4.42. The number of hydrogen-bond donors (Lipinski definition) is 5. The second-order valence-electron chi connectivity index (χ2n) is 12.8. The molecule has 9 nitrogen and oxygen atoms in total. The molecule has 2 aromatic heterocycles. The number of hydrogen-bond acceptors (Lipinski definition) is 7. The predicted octanol–water partition coefficient (Wildman–Crippen LogP) is 3.27. The second kappa shape index (κ2) is 12.1. The van der Waals surface area contributed by atoms with E-state index in [1.54, 1.807) is 6.92 Å². The number of nitrogens with one attached hydrogen (secondary N) is 4. The third-order valence-corrected chi connectivity index (χ3v) is 10.5. The molecule has 9 heteroatoms. The normalized spacial score (nSPS) is 29.1. The molecule has 3 aliphatic heterocycles. The van der Waals surface area contributed by atoms with Gasteiger partial charge in [0, 0.05) is 57.1 Å². The van der Waals surface area contributed by atoms with E-state index in [1.165, 1.54) is 12.7 Å². The van der Waals surface area contributed by atoms with Crippen LogP contribution in [0.3, 0.4) is 0 Å². The summed E-state index contributed by atoms with van der Waals surface area (Å²) >= 11 is 0. The van der Waals surface area contributed by atoms with Crippen molar-refractivity contribution in [2.24, 2.45) is 23.7 Å². The van der Waals surface area contributed by atoms with Gasteiger partial charge in [0.05, 0.1) is 31.8 Å². The van der Waals surface area contributed by atoms with Crippen LogP contribution in [0.2, 0.25) is 0 Å². The maximum atomic E-state index is 13.4. The van der Waals surface area contributed by atoms with Crippen LogP contribution in [0.15, 0.2) is 28.7 Å².